The van der Waals surface area contributed by atoms with Gasteiger partial charge in [-0.25, -0.2) is 0 Å². The molecular weight excluding hydrogens is 273 g/mol. The summed E-state index contributed by atoms with van der Waals surface area (Å²) in [7, 11) is 0. The smallest absolute Gasteiger partial charge is 0.143 e. The van der Waals surface area contributed by atoms with Crippen molar-refractivity contribution in [2.45, 2.75) is 38.4 Å². The Morgan fingerprint density at radius 3 is 2.67 bits per heavy atom. The number of ether oxygens (including phenoxy) is 2. The van der Waals surface area contributed by atoms with E-state index in [4.69, 9.17) is 38.4 Å². The second kappa shape index (κ2) is 5.16. The van der Waals surface area contributed by atoms with Gasteiger partial charge in [-0.05, 0) is 32.8 Å². The standard InChI is InChI=1S/C13H17Cl2NO2/c1-13(2)4-3-8(18-13)7-17-12-6-10(15)9(14)5-11(12)16/h5-6,8H,3-4,7,16H2,1-2H3. The van der Waals surface area contributed by atoms with Gasteiger partial charge in [0.25, 0.3) is 0 Å². The second-order valence-corrected chi connectivity index (χ2v) is 5.97. The van der Waals surface area contributed by atoms with Crippen LogP contribution in [0.15, 0.2) is 12.1 Å². The summed E-state index contributed by atoms with van der Waals surface area (Å²) in [6.07, 6.45) is 2.14. The molecule has 1 heterocycles. The molecule has 1 aromatic carbocycles. The first kappa shape index (κ1) is 13.8. The molecule has 0 radical (unpaired) electrons. The first-order chi connectivity index (χ1) is 8.37. The van der Waals surface area contributed by atoms with E-state index in [1.807, 2.05) is 0 Å². The topological polar surface area (TPSA) is 44.5 Å². The lowest BCUT2D eigenvalue weighted by Gasteiger charge is -2.19. The molecule has 2 rings (SSSR count). The van der Waals surface area contributed by atoms with E-state index < -0.39 is 0 Å². The van der Waals surface area contributed by atoms with Crippen LogP contribution in [0, 0.1) is 0 Å². The number of halogens is 2. The molecule has 100 valence electrons. The van der Waals surface area contributed by atoms with Gasteiger partial charge in [0, 0.05) is 6.07 Å². The van der Waals surface area contributed by atoms with Crippen LogP contribution in [0.3, 0.4) is 0 Å². The molecule has 1 fully saturated rings. The molecular formula is C13H17Cl2NO2. The Hall–Kier alpha value is -0.640. The Kier molecular flexibility index (Phi) is 3.95. The Bertz CT molecular complexity index is 449. The lowest BCUT2D eigenvalue weighted by Crippen LogP contribution is -2.24. The number of anilines is 1. The maximum Gasteiger partial charge on any atom is 0.143 e. The number of rotatable bonds is 3. The molecule has 1 atom stereocenters. The van der Waals surface area contributed by atoms with Crippen LogP contribution in [0.4, 0.5) is 5.69 Å². The van der Waals surface area contributed by atoms with Crippen molar-refractivity contribution in [3.8, 4) is 5.75 Å². The molecule has 0 aliphatic carbocycles. The molecule has 0 bridgehead atoms. The number of benzene rings is 1. The summed E-state index contributed by atoms with van der Waals surface area (Å²) in [5.74, 6) is 0.553. The van der Waals surface area contributed by atoms with E-state index in [9.17, 15) is 0 Å². The van der Waals surface area contributed by atoms with Crippen LogP contribution in [0.1, 0.15) is 26.7 Å². The molecule has 1 saturated heterocycles. The van der Waals surface area contributed by atoms with E-state index >= 15 is 0 Å². The third-order valence-electron chi connectivity index (χ3n) is 3.03. The third kappa shape index (κ3) is 3.22. The highest BCUT2D eigenvalue weighted by molar-refractivity contribution is 6.42. The van der Waals surface area contributed by atoms with Crippen LogP contribution in [0.25, 0.3) is 0 Å². The minimum atomic E-state index is -0.0583. The Labute approximate surface area is 117 Å². The predicted octanol–water partition coefficient (Wildman–Crippen LogP) is 3.91. The van der Waals surface area contributed by atoms with Gasteiger partial charge in [-0.1, -0.05) is 23.2 Å². The molecule has 0 amide bonds. The number of nitrogens with two attached hydrogens (primary N) is 1. The molecule has 1 aliphatic rings. The van der Waals surface area contributed by atoms with E-state index in [1.54, 1.807) is 12.1 Å². The predicted molar refractivity (Wildman–Crippen MR) is 74.6 cm³/mol. The van der Waals surface area contributed by atoms with Gasteiger partial charge in [-0.2, -0.15) is 0 Å². The van der Waals surface area contributed by atoms with Crippen molar-refractivity contribution in [1.82, 2.24) is 0 Å². The van der Waals surface area contributed by atoms with Crippen molar-refractivity contribution in [3.05, 3.63) is 22.2 Å². The number of hydrogen-bond donors (Lipinski definition) is 1. The second-order valence-electron chi connectivity index (χ2n) is 5.15. The fraction of sp³-hybridized carbons (Fsp3) is 0.538. The average Bonchev–Trinajstić information content (AvgIpc) is 2.62. The van der Waals surface area contributed by atoms with Crippen LogP contribution in [0.5, 0.6) is 5.75 Å². The average molecular weight is 290 g/mol. The minimum Gasteiger partial charge on any atom is -0.489 e. The van der Waals surface area contributed by atoms with Crippen LogP contribution in [0.2, 0.25) is 10.0 Å². The highest BCUT2D eigenvalue weighted by Gasteiger charge is 2.32. The van der Waals surface area contributed by atoms with Crippen molar-refractivity contribution in [3.63, 3.8) is 0 Å². The Morgan fingerprint density at radius 1 is 1.39 bits per heavy atom. The highest BCUT2D eigenvalue weighted by atomic mass is 35.5. The minimum absolute atomic E-state index is 0.0583. The summed E-state index contributed by atoms with van der Waals surface area (Å²) in [5.41, 5.74) is 6.25. The molecule has 0 spiro atoms. The van der Waals surface area contributed by atoms with Gasteiger partial charge < -0.3 is 15.2 Å². The summed E-state index contributed by atoms with van der Waals surface area (Å²) >= 11 is 11.8. The maximum atomic E-state index is 5.93. The van der Waals surface area contributed by atoms with Gasteiger partial charge >= 0.3 is 0 Å². The quantitative estimate of drug-likeness (QED) is 0.858. The SMILES string of the molecule is CC1(C)CCC(COc2cc(Cl)c(Cl)cc2N)O1. The van der Waals surface area contributed by atoms with E-state index in [0.717, 1.165) is 12.8 Å². The van der Waals surface area contributed by atoms with Gasteiger partial charge in [0.15, 0.2) is 0 Å². The summed E-state index contributed by atoms with van der Waals surface area (Å²) in [5, 5.41) is 0.869. The van der Waals surface area contributed by atoms with E-state index in [2.05, 4.69) is 13.8 Å². The molecule has 0 aromatic heterocycles. The summed E-state index contributed by atoms with van der Waals surface area (Å²) in [6.45, 7) is 4.65. The zero-order valence-electron chi connectivity index (χ0n) is 10.5. The third-order valence-corrected chi connectivity index (χ3v) is 3.75. The molecule has 1 aliphatic heterocycles. The molecule has 1 unspecified atom stereocenters. The zero-order chi connectivity index (χ0) is 13.3. The first-order valence-corrected chi connectivity index (χ1v) is 6.68. The zero-order valence-corrected chi connectivity index (χ0v) is 12.0. The molecule has 2 N–H and O–H groups in total. The number of hydrogen-bond acceptors (Lipinski definition) is 3. The van der Waals surface area contributed by atoms with Gasteiger partial charge in [0.1, 0.15) is 12.4 Å². The van der Waals surface area contributed by atoms with E-state index in [1.165, 1.54) is 0 Å². The molecule has 18 heavy (non-hydrogen) atoms. The van der Waals surface area contributed by atoms with Crippen LogP contribution < -0.4 is 10.5 Å². The monoisotopic (exact) mass is 289 g/mol. The lowest BCUT2D eigenvalue weighted by molar-refractivity contribution is -0.0325. The van der Waals surface area contributed by atoms with Crippen LogP contribution in [-0.4, -0.2) is 18.3 Å². The summed E-state index contributed by atoms with van der Waals surface area (Å²) < 4.78 is 11.5. The van der Waals surface area contributed by atoms with Crippen molar-refractivity contribution >= 4 is 28.9 Å². The van der Waals surface area contributed by atoms with Crippen LogP contribution in [-0.2, 0) is 4.74 Å². The molecule has 5 heteroatoms. The summed E-state index contributed by atoms with van der Waals surface area (Å²) in [6, 6.07) is 3.23. The van der Waals surface area contributed by atoms with Crippen molar-refractivity contribution < 1.29 is 9.47 Å². The lowest BCUT2D eigenvalue weighted by atomic mass is 10.1. The van der Waals surface area contributed by atoms with Crippen molar-refractivity contribution in [2.75, 3.05) is 12.3 Å². The Morgan fingerprint density at radius 2 is 2.06 bits per heavy atom. The first-order valence-electron chi connectivity index (χ1n) is 5.92. The fourth-order valence-corrected chi connectivity index (χ4v) is 2.37. The van der Waals surface area contributed by atoms with Gasteiger partial charge in [-0.15, -0.1) is 0 Å². The summed E-state index contributed by atoms with van der Waals surface area (Å²) in [4.78, 5) is 0. The van der Waals surface area contributed by atoms with Crippen molar-refractivity contribution in [2.24, 2.45) is 0 Å². The molecule has 0 saturated carbocycles. The number of nitrogen functional groups attached to an aromatic ring is 1. The molecule has 1 aromatic rings. The maximum absolute atomic E-state index is 5.93. The normalized spacial score (nSPS) is 22.1. The van der Waals surface area contributed by atoms with Crippen LogP contribution >= 0.6 is 23.2 Å². The molecule has 3 nitrogen and oxygen atoms in total. The van der Waals surface area contributed by atoms with E-state index in [-0.39, 0.29) is 11.7 Å². The van der Waals surface area contributed by atoms with Gasteiger partial charge in [0.2, 0.25) is 0 Å². The van der Waals surface area contributed by atoms with Gasteiger partial charge in [-0.3, -0.25) is 0 Å². The fourth-order valence-electron chi connectivity index (χ4n) is 2.05. The Balaban J connectivity index is 1.97. The largest absolute Gasteiger partial charge is 0.489 e. The van der Waals surface area contributed by atoms with E-state index in [0.29, 0.717) is 28.1 Å². The highest BCUT2D eigenvalue weighted by Crippen LogP contribution is 2.34. The van der Waals surface area contributed by atoms with Gasteiger partial charge in [0.05, 0.1) is 27.4 Å². The van der Waals surface area contributed by atoms with Crippen molar-refractivity contribution in [1.29, 1.82) is 0 Å².